The van der Waals surface area contributed by atoms with E-state index in [4.69, 9.17) is 0 Å². The average Bonchev–Trinajstić information content (AvgIpc) is 2.72. The van der Waals surface area contributed by atoms with E-state index in [1.54, 1.807) is 7.05 Å². The Bertz CT molecular complexity index is 498. The highest BCUT2D eigenvalue weighted by molar-refractivity contribution is 9.10. The zero-order valence-corrected chi connectivity index (χ0v) is 12.4. The Morgan fingerprint density at radius 1 is 1.29 bits per heavy atom. The third-order valence-corrected chi connectivity index (χ3v) is 6.00. The van der Waals surface area contributed by atoms with Crippen molar-refractivity contribution in [1.82, 2.24) is 19.3 Å². The van der Waals surface area contributed by atoms with Crippen LogP contribution >= 0.6 is 15.9 Å². The summed E-state index contributed by atoms with van der Waals surface area (Å²) >= 11 is 3.13. The lowest BCUT2D eigenvalue weighted by molar-refractivity contribution is 0.453. The third-order valence-electron chi connectivity index (χ3n) is 3.28. The topological polar surface area (TPSA) is 68.1 Å². The lowest BCUT2D eigenvalue weighted by atomic mass is 10.0. The van der Waals surface area contributed by atoms with Gasteiger partial charge in [0.2, 0.25) is 5.03 Å². The molecule has 17 heavy (non-hydrogen) atoms. The van der Waals surface area contributed by atoms with Crippen LogP contribution in [0.15, 0.2) is 9.63 Å². The van der Waals surface area contributed by atoms with Crippen molar-refractivity contribution < 1.29 is 8.42 Å². The first-order valence-electron chi connectivity index (χ1n) is 5.39. The number of aromatic nitrogens is 3. The van der Waals surface area contributed by atoms with E-state index in [1.807, 2.05) is 0 Å². The SMILES string of the molecule is CC1CN(S(=O)(=O)c2c(Br)nnn2C)CC1C. The second kappa shape index (κ2) is 4.33. The van der Waals surface area contributed by atoms with E-state index in [0.717, 1.165) is 0 Å². The van der Waals surface area contributed by atoms with E-state index in [-0.39, 0.29) is 9.63 Å². The molecule has 2 rings (SSSR count). The van der Waals surface area contributed by atoms with Crippen molar-refractivity contribution in [2.45, 2.75) is 18.9 Å². The quantitative estimate of drug-likeness (QED) is 0.809. The molecule has 0 radical (unpaired) electrons. The molecule has 1 fully saturated rings. The molecular weight excluding hydrogens is 308 g/mol. The highest BCUT2D eigenvalue weighted by Gasteiger charge is 2.38. The standard InChI is InChI=1S/C9H15BrN4O2S/c1-6-4-14(5-7(6)2)17(15,16)9-8(10)11-12-13(9)3/h6-7H,4-5H2,1-3H3. The molecule has 2 atom stereocenters. The van der Waals surface area contributed by atoms with E-state index in [9.17, 15) is 8.42 Å². The van der Waals surface area contributed by atoms with Gasteiger partial charge in [0.25, 0.3) is 10.0 Å². The van der Waals surface area contributed by atoms with E-state index >= 15 is 0 Å². The molecule has 1 aromatic rings. The summed E-state index contributed by atoms with van der Waals surface area (Å²) in [5.41, 5.74) is 0. The van der Waals surface area contributed by atoms with Gasteiger partial charge >= 0.3 is 0 Å². The van der Waals surface area contributed by atoms with Crippen molar-refractivity contribution in [2.24, 2.45) is 18.9 Å². The highest BCUT2D eigenvalue weighted by Crippen LogP contribution is 2.29. The number of aryl methyl sites for hydroxylation is 1. The molecular formula is C9H15BrN4O2S. The van der Waals surface area contributed by atoms with E-state index in [0.29, 0.717) is 24.9 Å². The molecule has 8 heteroatoms. The molecule has 2 heterocycles. The van der Waals surface area contributed by atoms with Gasteiger partial charge in [-0.3, -0.25) is 0 Å². The Morgan fingerprint density at radius 2 is 1.82 bits per heavy atom. The molecule has 1 saturated heterocycles. The van der Waals surface area contributed by atoms with Gasteiger partial charge in [-0.2, -0.15) is 4.31 Å². The minimum Gasteiger partial charge on any atom is -0.235 e. The first-order valence-corrected chi connectivity index (χ1v) is 7.62. The smallest absolute Gasteiger partial charge is 0.235 e. The van der Waals surface area contributed by atoms with Gasteiger partial charge in [0.05, 0.1) is 0 Å². The lowest BCUT2D eigenvalue weighted by Crippen LogP contribution is -2.30. The van der Waals surface area contributed by atoms with Gasteiger partial charge in [-0.15, -0.1) is 5.10 Å². The summed E-state index contributed by atoms with van der Waals surface area (Å²) in [7, 11) is -1.92. The molecule has 0 N–H and O–H groups in total. The molecule has 1 aliphatic rings. The Labute approximate surface area is 109 Å². The summed E-state index contributed by atoms with van der Waals surface area (Å²) in [5.74, 6) is 0.759. The minimum absolute atomic E-state index is 0.124. The zero-order chi connectivity index (χ0) is 12.8. The van der Waals surface area contributed by atoms with Gasteiger partial charge in [-0.05, 0) is 27.8 Å². The van der Waals surface area contributed by atoms with Crippen molar-refractivity contribution in [3.63, 3.8) is 0 Å². The van der Waals surface area contributed by atoms with Crippen LogP contribution in [0.1, 0.15) is 13.8 Å². The molecule has 96 valence electrons. The van der Waals surface area contributed by atoms with Crippen LogP contribution in [0, 0.1) is 11.8 Å². The molecule has 1 aromatic heterocycles. The van der Waals surface area contributed by atoms with Gasteiger partial charge in [-0.25, -0.2) is 13.1 Å². The first kappa shape index (κ1) is 13.0. The first-order chi connectivity index (χ1) is 7.84. The zero-order valence-electron chi connectivity index (χ0n) is 9.96. The van der Waals surface area contributed by atoms with Crippen LogP contribution in [0.5, 0.6) is 0 Å². The third kappa shape index (κ3) is 2.13. The predicted molar refractivity (Wildman–Crippen MR) is 65.8 cm³/mol. The highest BCUT2D eigenvalue weighted by atomic mass is 79.9. The molecule has 0 saturated carbocycles. The van der Waals surface area contributed by atoms with Crippen molar-refractivity contribution in [1.29, 1.82) is 0 Å². The van der Waals surface area contributed by atoms with Gasteiger partial charge < -0.3 is 0 Å². The van der Waals surface area contributed by atoms with Crippen molar-refractivity contribution in [3.8, 4) is 0 Å². The van der Waals surface area contributed by atoms with Gasteiger partial charge in [-0.1, -0.05) is 19.1 Å². The second-order valence-corrected chi connectivity index (χ2v) is 7.19. The fourth-order valence-electron chi connectivity index (χ4n) is 1.99. The second-order valence-electron chi connectivity index (χ2n) is 4.59. The maximum absolute atomic E-state index is 12.4. The Morgan fingerprint density at radius 3 is 2.24 bits per heavy atom. The summed E-state index contributed by atoms with van der Waals surface area (Å²) in [4.78, 5) is 0. The van der Waals surface area contributed by atoms with Crippen LogP contribution in [-0.2, 0) is 17.1 Å². The molecule has 1 aliphatic heterocycles. The Balaban J connectivity index is 2.39. The minimum atomic E-state index is -3.50. The molecule has 0 aromatic carbocycles. The van der Waals surface area contributed by atoms with Crippen LogP contribution < -0.4 is 0 Å². The molecule has 0 amide bonds. The summed E-state index contributed by atoms with van der Waals surface area (Å²) in [5, 5.41) is 7.55. The summed E-state index contributed by atoms with van der Waals surface area (Å²) in [6, 6.07) is 0. The normalized spacial score (nSPS) is 26.6. The number of halogens is 1. The maximum Gasteiger partial charge on any atom is 0.263 e. The van der Waals surface area contributed by atoms with E-state index < -0.39 is 10.0 Å². The van der Waals surface area contributed by atoms with E-state index in [1.165, 1.54) is 8.99 Å². The Kier molecular flexibility index (Phi) is 3.30. The van der Waals surface area contributed by atoms with Crippen molar-refractivity contribution >= 4 is 26.0 Å². The number of hydrogen-bond acceptors (Lipinski definition) is 4. The van der Waals surface area contributed by atoms with Crippen LogP contribution in [0.3, 0.4) is 0 Å². The van der Waals surface area contributed by atoms with Crippen LogP contribution in [0.2, 0.25) is 0 Å². The van der Waals surface area contributed by atoms with Gasteiger partial charge in [0.1, 0.15) is 0 Å². The van der Waals surface area contributed by atoms with Crippen molar-refractivity contribution in [2.75, 3.05) is 13.1 Å². The largest absolute Gasteiger partial charge is 0.263 e. The number of sulfonamides is 1. The molecule has 0 spiro atoms. The van der Waals surface area contributed by atoms with Gasteiger partial charge in [0.15, 0.2) is 4.60 Å². The fraction of sp³-hybridized carbons (Fsp3) is 0.778. The summed E-state index contributed by atoms with van der Waals surface area (Å²) in [6.45, 7) is 5.25. The van der Waals surface area contributed by atoms with Crippen LogP contribution in [0.4, 0.5) is 0 Å². The summed E-state index contributed by atoms with van der Waals surface area (Å²) in [6.07, 6.45) is 0. The molecule has 2 unspecified atom stereocenters. The molecule has 6 nitrogen and oxygen atoms in total. The van der Waals surface area contributed by atoms with Gasteiger partial charge in [0, 0.05) is 20.1 Å². The van der Waals surface area contributed by atoms with Crippen molar-refractivity contribution in [3.05, 3.63) is 4.60 Å². The maximum atomic E-state index is 12.4. The van der Waals surface area contributed by atoms with Crippen LogP contribution in [0.25, 0.3) is 0 Å². The lowest BCUT2D eigenvalue weighted by Gasteiger charge is -2.15. The predicted octanol–water partition coefficient (Wildman–Crippen LogP) is 0.854. The number of nitrogens with zero attached hydrogens (tertiary/aromatic N) is 4. The summed E-state index contributed by atoms with van der Waals surface area (Å²) < 4.78 is 27.9. The molecule has 0 bridgehead atoms. The number of hydrogen-bond donors (Lipinski definition) is 0. The van der Waals surface area contributed by atoms with E-state index in [2.05, 4.69) is 40.1 Å². The molecule has 0 aliphatic carbocycles. The monoisotopic (exact) mass is 322 g/mol. The average molecular weight is 323 g/mol. The number of rotatable bonds is 2. The fourth-order valence-corrected chi connectivity index (χ4v) is 4.66. The Hall–Kier alpha value is -0.470. The van der Waals surface area contributed by atoms with Crippen LogP contribution in [-0.4, -0.2) is 40.8 Å².